The summed E-state index contributed by atoms with van der Waals surface area (Å²) < 4.78 is 0. The monoisotopic (exact) mass is 563 g/mol. The average Bonchev–Trinajstić information content (AvgIpc) is 2.94. The van der Waals surface area contributed by atoms with Gasteiger partial charge in [-0.2, -0.15) is 0 Å². The SMILES string of the molecule is CCCC/C=C\CCCCC(O)CC(=O)NC(CO)C(O)/C=C/CC/C=C/CCCCCCCCCCCCC. The van der Waals surface area contributed by atoms with Crippen molar-refractivity contribution < 1.29 is 20.1 Å². The summed E-state index contributed by atoms with van der Waals surface area (Å²) >= 11 is 0. The number of carbonyl (C=O) groups is 1. The van der Waals surface area contributed by atoms with Crippen molar-refractivity contribution in [2.45, 2.75) is 173 Å². The van der Waals surface area contributed by atoms with Gasteiger partial charge in [0.25, 0.3) is 0 Å². The molecule has 0 aromatic heterocycles. The highest BCUT2D eigenvalue weighted by atomic mass is 16.3. The highest BCUT2D eigenvalue weighted by Gasteiger charge is 2.19. The molecule has 0 saturated heterocycles. The molecule has 40 heavy (non-hydrogen) atoms. The molecule has 5 heteroatoms. The smallest absolute Gasteiger partial charge is 0.222 e. The minimum Gasteiger partial charge on any atom is -0.394 e. The fraction of sp³-hybridized carbons (Fsp3) is 0.800. The number of allylic oxidation sites excluding steroid dienone is 5. The van der Waals surface area contributed by atoms with E-state index in [4.69, 9.17) is 0 Å². The third kappa shape index (κ3) is 26.8. The van der Waals surface area contributed by atoms with Gasteiger partial charge in [0.05, 0.1) is 31.3 Å². The standard InChI is InChI=1S/C35H65NO4/c1-3-5-7-9-11-13-14-15-16-17-18-19-20-21-23-25-27-29-34(39)33(31-37)36-35(40)30-32(38)28-26-24-22-12-10-8-6-4-2/h10,12,20-21,27,29,32-34,37-39H,3-9,11,13-19,22-26,28,30-31H2,1-2H3,(H,36,40)/b12-10-,21-20+,29-27+. The second kappa shape index (κ2) is 30.5. The quantitative estimate of drug-likeness (QED) is 0.0543. The number of hydrogen-bond acceptors (Lipinski definition) is 4. The zero-order valence-electron chi connectivity index (χ0n) is 26.2. The number of amides is 1. The summed E-state index contributed by atoms with van der Waals surface area (Å²) in [6.07, 6.45) is 35.6. The molecule has 234 valence electrons. The highest BCUT2D eigenvalue weighted by molar-refractivity contribution is 5.76. The van der Waals surface area contributed by atoms with Crippen molar-refractivity contribution in [2.75, 3.05) is 6.61 Å². The zero-order chi connectivity index (χ0) is 29.5. The Labute approximate surface area is 247 Å². The Morgan fingerprint density at radius 1 is 0.625 bits per heavy atom. The van der Waals surface area contributed by atoms with E-state index in [1.165, 1.54) is 83.5 Å². The molecule has 1 amide bonds. The predicted octanol–water partition coefficient (Wildman–Crippen LogP) is 8.48. The van der Waals surface area contributed by atoms with Gasteiger partial charge in [-0.3, -0.25) is 4.79 Å². The van der Waals surface area contributed by atoms with Crippen LogP contribution in [0.15, 0.2) is 36.5 Å². The number of hydrogen-bond donors (Lipinski definition) is 4. The zero-order valence-corrected chi connectivity index (χ0v) is 26.2. The second-order valence-corrected chi connectivity index (χ2v) is 11.4. The highest BCUT2D eigenvalue weighted by Crippen LogP contribution is 2.12. The van der Waals surface area contributed by atoms with Crippen LogP contribution in [-0.2, 0) is 4.79 Å². The van der Waals surface area contributed by atoms with Crippen LogP contribution in [0.2, 0.25) is 0 Å². The van der Waals surface area contributed by atoms with Crippen LogP contribution in [-0.4, -0.2) is 46.1 Å². The molecule has 3 atom stereocenters. The first-order valence-corrected chi connectivity index (χ1v) is 16.8. The first-order chi connectivity index (χ1) is 19.5. The molecule has 0 aliphatic rings. The fourth-order valence-electron chi connectivity index (χ4n) is 4.74. The molecule has 0 spiro atoms. The lowest BCUT2D eigenvalue weighted by Crippen LogP contribution is -2.45. The van der Waals surface area contributed by atoms with Crippen molar-refractivity contribution in [3.63, 3.8) is 0 Å². The van der Waals surface area contributed by atoms with E-state index in [0.717, 1.165) is 44.9 Å². The third-order valence-electron chi connectivity index (χ3n) is 7.40. The van der Waals surface area contributed by atoms with Crippen LogP contribution in [0.4, 0.5) is 0 Å². The Bertz CT molecular complexity index is 631. The summed E-state index contributed by atoms with van der Waals surface area (Å²) in [6.45, 7) is 4.10. The summed E-state index contributed by atoms with van der Waals surface area (Å²) in [5.74, 6) is -0.344. The van der Waals surface area contributed by atoms with E-state index in [9.17, 15) is 20.1 Å². The summed E-state index contributed by atoms with van der Waals surface area (Å²) in [5, 5.41) is 32.8. The van der Waals surface area contributed by atoms with E-state index in [1.54, 1.807) is 6.08 Å². The maximum atomic E-state index is 12.3. The molecule has 0 heterocycles. The summed E-state index contributed by atoms with van der Waals surface area (Å²) in [4.78, 5) is 12.3. The molecule has 0 aliphatic carbocycles. The maximum absolute atomic E-state index is 12.3. The molecule has 5 nitrogen and oxygen atoms in total. The van der Waals surface area contributed by atoms with E-state index >= 15 is 0 Å². The lowest BCUT2D eigenvalue weighted by atomic mass is 10.1. The summed E-state index contributed by atoms with van der Waals surface area (Å²) in [5.41, 5.74) is 0. The fourth-order valence-corrected chi connectivity index (χ4v) is 4.74. The van der Waals surface area contributed by atoms with Crippen LogP contribution in [0.1, 0.15) is 155 Å². The Morgan fingerprint density at radius 3 is 1.68 bits per heavy atom. The van der Waals surface area contributed by atoms with Crippen LogP contribution in [0.25, 0.3) is 0 Å². The molecule has 0 rings (SSSR count). The van der Waals surface area contributed by atoms with Crippen molar-refractivity contribution in [2.24, 2.45) is 0 Å². The normalized spacial score (nSPS) is 14.4. The lowest BCUT2D eigenvalue weighted by molar-refractivity contribution is -0.124. The Kier molecular flexibility index (Phi) is 29.4. The van der Waals surface area contributed by atoms with Crippen molar-refractivity contribution in [1.29, 1.82) is 0 Å². The lowest BCUT2D eigenvalue weighted by Gasteiger charge is -2.20. The van der Waals surface area contributed by atoms with Crippen LogP contribution < -0.4 is 5.32 Å². The second-order valence-electron chi connectivity index (χ2n) is 11.4. The topological polar surface area (TPSA) is 89.8 Å². The maximum Gasteiger partial charge on any atom is 0.222 e. The largest absolute Gasteiger partial charge is 0.394 e. The van der Waals surface area contributed by atoms with E-state index in [2.05, 4.69) is 43.5 Å². The van der Waals surface area contributed by atoms with Crippen LogP contribution in [0, 0.1) is 0 Å². The molecule has 0 saturated carbocycles. The van der Waals surface area contributed by atoms with E-state index < -0.39 is 18.2 Å². The molecular weight excluding hydrogens is 498 g/mol. The first-order valence-electron chi connectivity index (χ1n) is 16.8. The molecule has 0 fully saturated rings. The van der Waals surface area contributed by atoms with Gasteiger partial charge in [0.15, 0.2) is 0 Å². The molecule has 0 aromatic carbocycles. The van der Waals surface area contributed by atoms with Crippen LogP contribution in [0.3, 0.4) is 0 Å². The molecule has 0 aliphatic heterocycles. The van der Waals surface area contributed by atoms with Gasteiger partial charge in [-0.25, -0.2) is 0 Å². The van der Waals surface area contributed by atoms with Gasteiger partial charge in [0.2, 0.25) is 5.91 Å². The number of aliphatic hydroxyl groups excluding tert-OH is 3. The van der Waals surface area contributed by atoms with Crippen molar-refractivity contribution >= 4 is 5.91 Å². The van der Waals surface area contributed by atoms with E-state index in [0.29, 0.717) is 6.42 Å². The van der Waals surface area contributed by atoms with Crippen molar-refractivity contribution in [3.8, 4) is 0 Å². The van der Waals surface area contributed by atoms with Gasteiger partial charge in [-0.1, -0.05) is 134 Å². The minimum absolute atomic E-state index is 0.0107. The number of aliphatic hydroxyl groups is 3. The first kappa shape index (κ1) is 38.6. The van der Waals surface area contributed by atoms with Crippen molar-refractivity contribution in [1.82, 2.24) is 5.32 Å². The van der Waals surface area contributed by atoms with Gasteiger partial charge >= 0.3 is 0 Å². The number of nitrogens with one attached hydrogen (secondary N) is 1. The molecule has 0 aromatic rings. The molecular formula is C35H65NO4. The Morgan fingerprint density at radius 2 is 1.10 bits per heavy atom. The molecule has 0 bridgehead atoms. The van der Waals surface area contributed by atoms with Gasteiger partial charge in [-0.15, -0.1) is 0 Å². The molecule has 4 N–H and O–H groups in total. The van der Waals surface area contributed by atoms with Crippen LogP contribution in [0.5, 0.6) is 0 Å². The summed E-state index contributed by atoms with van der Waals surface area (Å²) in [7, 11) is 0. The number of carbonyl (C=O) groups excluding carboxylic acids is 1. The minimum atomic E-state index is -0.953. The van der Waals surface area contributed by atoms with Crippen LogP contribution >= 0.6 is 0 Å². The van der Waals surface area contributed by atoms with Gasteiger partial charge in [-0.05, 0) is 51.4 Å². The number of rotatable bonds is 29. The van der Waals surface area contributed by atoms with Gasteiger partial charge in [0, 0.05) is 0 Å². The van der Waals surface area contributed by atoms with Gasteiger partial charge < -0.3 is 20.6 Å². The van der Waals surface area contributed by atoms with Crippen molar-refractivity contribution in [3.05, 3.63) is 36.5 Å². The summed E-state index contributed by atoms with van der Waals surface area (Å²) in [6, 6.07) is -0.763. The Hall–Kier alpha value is -1.43. The predicted molar refractivity (Wildman–Crippen MR) is 171 cm³/mol. The Balaban J connectivity index is 3.83. The van der Waals surface area contributed by atoms with Gasteiger partial charge in [0.1, 0.15) is 0 Å². The van der Waals surface area contributed by atoms with E-state index in [1.807, 2.05) is 6.08 Å². The third-order valence-corrected chi connectivity index (χ3v) is 7.40. The average molecular weight is 564 g/mol. The van der Waals surface area contributed by atoms with E-state index in [-0.39, 0.29) is 18.9 Å². The molecule has 3 unspecified atom stereocenters. The number of unbranched alkanes of at least 4 members (excludes halogenated alkanes) is 16. The molecule has 0 radical (unpaired) electrons.